The molecule has 0 atom stereocenters. The van der Waals surface area contributed by atoms with E-state index in [9.17, 15) is 21.6 Å². The van der Waals surface area contributed by atoms with Crippen LogP contribution in [-0.4, -0.2) is 35.4 Å². The van der Waals surface area contributed by atoms with E-state index >= 15 is 0 Å². The number of primary sulfonamides is 1. The second-order valence-electron chi connectivity index (χ2n) is 7.48. The van der Waals surface area contributed by atoms with Gasteiger partial charge in [-0.25, -0.2) is 18.5 Å². The van der Waals surface area contributed by atoms with Crippen LogP contribution < -0.4 is 20.5 Å². The number of thiocarbonyl (C=S) groups is 1. The van der Waals surface area contributed by atoms with Gasteiger partial charge in [0.15, 0.2) is 5.11 Å². The van der Waals surface area contributed by atoms with Crippen LogP contribution >= 0.6 is 12.2 Å². The number of hydrogen-bond donors (Lipinski definition) is 3. The fraction of sp³-hybridized carbons (Fsp3) is 0.300. The number of benzene rings is 2. The molecule has 2 aromatic carbocycles. The molecule has 3 rings (SSSR count). The van der Waals surface area contributed by atoms with Crippen LogP contribution in [0.1, 0.15) is 19.7 Å². The van der Waals surface area contributed by atoms with Gasteiger partial charge < -0.3 is 19.9 Å². The molecule has 1 aromatic heterocycles. The van der Waals surface area contributed by atoms with Gasteiger partial charge in [-0.1, -0.05) is 6.07 Å². The summed E-state index contributed by atoms with van der Waals surface area (Å²) in [5.74, 6) is 0.515. The first-order chi connectivity index (χ1) is 15.2. The smallest absolute Gasteiger partial charge is 0.406 e. The second kappa shape index (κ2) is 9.15. The Bertz CT molecular complexity index is 1300. The average molecular weight is 502 g/mol. The summed E-state index contributed by atoms with van der Waals surface area (Å²) in [5.41, 5.74) is 1.11. The predicted molar refractivity (Wildman–Crippen MR) is 124 cm³/mol. The highest BCUT2D eigenvalue weighted by molar-refractivity contribution is 7.89. The fourth-order valence-electron chi connectivity index (χ4n) is 3.19. The molecule has 178 valence electrons. The fourth-order valence-corrected chi connectivity index (χ4v) is 3.95. The number of fused-ring (bicyclic) bond motifs is 1. The number of nitrogens with two attached hydrogens (primary N) is 1. The zero-order valence-electron chi connectivity index (χ0n) is 17.9. The largest absolute Gasteiger partial charge is 0.489 e. The molecule has 33 heavy (non-hydrogen) atoms. The number of aromatic nitrogens is 2. The van der Waals surface area contributed by atoms with E-state index in [1.807, 2.05) is 0 Å². The Balaban J connectivity index is 1.96. The summed E-state index contributed by atoms with van der Waals surface area (Å²) in [6.45, 7) is 3.86. The van der Waals surface area contributed by atoms with Crippen LogP contribution in [0.5, 0.6) is 5.75 Å². The number of aryl methyl sites for hydroxylation is 1. The van der Waals surface area contributed by atoms with E-state index in [0.717, 1.165) is 4.57 Å². The van der Waals surface area contributed by atoms with Crippen molar-refractivity contribution in [3.05, 3.63) is 42.2 Å². The summed E-state index contributed by atoms with van der Waals surface area (Å²) < 4.78 is 69.6. The molecule has 8 nitrogen and oxygen atoms in total. The Morgan fingerprint density at radius 3 is 2.48 bits per heavy atom. The van der Waals surface area contributed by atoms with Gasteiger partial charge in [0.25, 0.3) is 0 Å². The lowest BCUT2D eigenvalue weighted by Crippen LogP contribution is -2.22. The van der Waals surface area contributed by atoms with Crippen LogP contribution in [0.2, 0.25) is 0 Å². The molecule has 0 unspecified atom stereocenters. The van der Waals surface area contributed by atoms with E-state index in [0.29, 0.717) is 17.0 Å². The van der Waals surface area contributed by atoms with E-state index in [-0.39, 0.29) is 33.1 Å². The van der Waals surface area contributed by atoms with Gasteiger partial charge in [-0.05, 0) is 63.3 Å². The number of imidazole rings is 1. The van der Waals surface area contributed by atoms with Gasteiger partial charge in [0.2, 0.25) is 10.0 Å². The number of hydrogen-bond acceptors (Lipinski definition) is 5. The third-order valence-corrected chi connectivity index (χ3v) is 5.55. The number of rotatable bonds is 6. The number of nitrogens with zero attached hydrogens (tertiary/aromatic N) is 2. The first-order valence-corrected chi connectivity index (χ1v) is 11.6. The number of alkyl halides is 3. The number of nitrogens with one attached hydrogen (secondary N) is 2. The normalized spacial score (nSPS) is 12.2. The van der Waals surface area contributed by atoms with Crippen LogP contribution in [0.15, 0.2) is 41.3 Å². The number of halogens is 3. The van der Waals surface area contributed by atoms with Gasteiger partial charge in [-0.15, -0.1) is 0 Å². The van der Waals surface area contributed by atoms with Gasteiger partial charge in [0.05, 0.1) is 33.4 Å². The number of ether oxygens (including phenoxy) is 1. The Hall–Kier alpha value is -2.90. The lowest BCUT2D eigenvalue weighted by atomic mass is 10.2. The molecule has 0 fully saturated rings. The molecule has 13 heteroatoms. The summed E-state index contributed by atoms with van der Waals surface area (Å²) in [7, 11) is -3.99. The summed E-state index contributed by atoms with van der Waals surface area (Å²) >= 11 is 5.34. The van der Waals surface area contributed by atoms with Crippen molar-refractivity contribution in [3.63, 3.8) is 0 Å². The zero-order valence-corrected chi connectivity index (χ0v) is 19.5. The molecule has 0 radical (unpaired) electrons. The Labute approximate surface area is 194 Å². The van der Waals surface area contributed by atoms with Gasteiger partial charge in [-0.3, -0.25) is 0 Å². The van der Waals surface area contributed by atoms with E-state index in [4.69, 9.17) is 22.1 Å². The third-order valence-electron chi connectivity index (χ3n) is 4.43. The minimum absolute atomic E-state index is 0.0000808. The van der Waals surface area contributed by atoms with Gasteiger partial charge >= 0.3 is 6.18 Å². The molecule has 0 spiro atoms. The zero-order chi connectivity index (χ0) is 24.6. The molecule has 0 saturated heterocycles. The summed E-state index contributed by atoms with van der Waals surface area (Å²) in [5, 5.41) is 10.9. The topological polar surface area (TPSA) is 111 Å². The molecule has 1 heterocycles. The molecule has 0 saturated carbocycles. The second-order valence-corrected chi connectivity index (χ2v) is 9.45. The number of anilines is 2. The van der Waals surface area contributed by atoms with Crippen molar-refractivity contribution in [1.29, 1.82) is 0 Å². The predicted octanol–water partition coefficient (Wildman–Crippen LogP) is 4.15. The molecule has 0 aliphatic rings. The Morgan fingerprint density at radius 2 is 1.88 bits per heavy atom. The maximum atomic E-state index is 13.1. The lowest BCUT2D eigenvalue weighted by molar-refractivity contribution is -0.140. The molecule has 4 N–H and O–H groups in total. The van der Waals surface area contributed by atoms with Crippen molar-refractivity contribution < 1.29 is 26.3 Å². The monoisotopic (exact) mass is 501 g/mol. The van der Waals surface area contributed by atoms with Crippen molar-refractivity contribution in [3.8, 4) is 5.75 Å². The Kier molecular flexibility index (Phi) is 6.86. The van der Waals surface area contributed by atoms with Crippen molar-refractivity contribution in [2.45, 2.75) is 44.5 Å². The highest BCUT2D eigenvalue weighted by atomic mass is 32.2. The van der Waals surface area contributed by atoms with Crippen molar-refractivity contribution in [1.82, 2.24) is 9.55 Å². The van der Waals surface area contributed by atoms with E-state index in [1.165, 1.54) is 25.1 Å². The molecular weight excluding hydrogens is 479 g/mol. The lowest BCUT2D eigenvalue weighted by Gasteiger charge is -2.18. The first-order valence-electron chi connectivity index (χ1n) is 9.69. The van der Waals surface area contributed by atoms with Crippen LogP contribution in [0.4, 0.5) is 24.5 Å². The highest BCUT2D eigenvalue weighted by Gasteiger charge is 2.30. The third kappa shape index (κ3) is 6.12. The number of para-hydroxylation sites is 1. The SMILES string of the molecule is Cc1nc2cccc(NC(=S)Nc3cc(S(N)(=O)=O)ccc3OC(C)C)c2n1CC(F)(F)F. The maximum Gasteiger partial charge on any atom is 0.406 e. The van der Waals surface area contributed by atoms with Crippen LogP contribution in [0, 0.1) is 6.92 Å². The standard InChI is InChI=1S/C20H22F3N5O3S2/c1-11(2)31-17-8-7-13(33(24,29)30)9-16(17)27-19(32)26-15-6-4-5-14-18(15)28(12(3)25-14)10-20(21,22)23/h4-9,11H,10H2,1-3H3,(H2,24,29,30)(H2,26,27,32). The molecule has 0 bridgehead atoms. The van der Waals surface area contributed by atoms with Crippen LogP contribution in [0.3, 0.4) is 0 Å². The van der Waals surface area contributed by atoms with Gasteiger partial charge in [-0.2, -0.15) is 13.2 Å². The van der Waals surface area contributed by atoms with E-state index in [2.05, 4.69) is 15.6 Å². The molecule has 3 aromatic rings. The van der Waals surface area contributed by atoms with E-state index in [1.54, 1.807) is 32.0 Å². The summed E-state index contributed by atoms with van der Waals surface area (Å²) in [6.07, 6.45) is -4.66. The van der Waals surface area contributed by atoms with Crippen molar-refractivity contribution in [2.75, 3.05) is 10.6 Å². The van der Waals surface area contributed by atoms with Crippen LogP contribution in [0.25, 0.3) is 11.0 Å². The van der Waals surface area contributed by atoms with Gasteiger partial charge in [0, 0.05) is 0 Å². The maximum absolute atomic E-state index is 13.1. The molecule has 0 aliphatic carbocycles. The van der Waals surface area contributed by atoms with Crippen molar-refractivity contribution in [2.24, 2.45) is 5.14 Å². The summed E-state index contributed by atoms with van der Waals surface area (Å²) in [4.78, 5) is 4.03. The minimum Gasteiger partial charge on any atom is -0.489 e. The minimum atomic E-state index is -4.44. The van der Waals surface area contributed by atoms with Crippen LogP contribution in [-0.2, 0) is 16.6 Å². The van der Waals surface area contributed by atoms with E-state index < -0.39 is 22.7 Å². The number of sulfonamides is 1. The van der Waals surface area contributed by atoms with Gasteiger partial charge in [0.1, 0.15) is 18.1 Å². The highest BCUT2D eigenvalue weighted by Crippen LogP contribution is 2.31. The Morgan fingerprint density at radius 1 is 1.21 bits per heavy atom. The molecular formula is C20H22F3N5O3S2. The molecule has 0 amide bonds. The summed E-state index contributed by atoms with van der Waals surface area (Å²) in [6, 6.07) is 8.80. The van der Waals surface area contributed by atoms with Crippen molar-refractivity contribution >= 4 is 49.8 Å². The average Bonchev–Trinajstić information content (AvgIpc) is 2.96. The quantitative estimate of drug-likeness (QED) is 0.435. The molecule has 0 aliphatic heterocycles. The first kappa shape index (κ1) is 24.7.